The molecule has 24 heavy (non-hydrogen) atoms. The van der Waals surface area contributed by atoms with Gasteiger partial charge >= 0.3 is 5.97 Å². The first-order valence-electron chi connectivity index (χ1n) is 7.73. The van der Waals surface area contributed by atoms with Crippen LogP contribution in [0.15, 0.2) is 23.1 Å². The molecule has 0 saturated carbocycles. The Labute approximate surface area is 141 Å². The zero-order valence-electron chi connectivity index (χ0n) is 13.5. The fourth-order valence-corrected chi connectivity index (χ4v) is 4.05. The first-order chi connectivity index (χ1) is 11.4. The van der Waals surface area contributed by atoms with E-state index in [1.807, 2.05) is 4.90 Å². The smallest absolute Gasteiger partial charge is 0.339 e. The minimum atomic E-state index is -3.76. The molecule has 2 N–H and O–H groups in total. The maximum atomic E-state index is 12.7. The van der Waals surface area contributed by atoms with E-state index in [4.69, 9.17) is 9.84 Å². The number of ether oxygens (including phenoxy) is 1. The number of aliphatic hydroxyl groups is 1. The van der Waals surface area contributed by atoms with Gasteiger partial charge in [0.05, 0.1) is 18.1 Å². The molecule has 1 aliphatic heterocycles. The number of hydrogen-bond acceptors (Lipinski definition) is 6. The number of rotatable bonds is 7. The summed E-state index contributed by atoms with van der Waals surface area (Å²) in [7, 11) is -3.76. The fourth-order valence-electron chi connectivity index (χ4n) is 2.60. The van der Waals surface area contributed by atoms with Crippen molar-refractivity contribution in [3.8, 4) is 5.75 Å². The number of sulfonamides is 1. The van der Waals surface area contributed by atoms with Crippen molar-refractivity contribution in [3.05, 3.63) is 23.8 Å². The van der Waals surface area contributed by atoms with Crippen molar-refractivity contribution < 1.29 is 28.2 Å². The number of piperazine rings is 1. The van der Waals surface area contributed by atoms with Crippen LogP contribution in [0.3, 0.4) is 0 Å². The van der Waals surface area contributed by atoms with Gasteiger partial charge in [-0.15, -0.1) is 0 Å². The number of benzene rings is 1. The van der Waals surface area contributed by atoms with Crippen LogP contribution in [-0.2, 0) is 10.0 Å². The highest BCUT2D eigenvalue weighted by Gasteiger charge is 2.29. The van der Waals surface area contributed by atoms with Crippen molar-refractivity contribution >= 4 is 16.0 Å². The third-order valence-electron chi connectivity index (χ3n) is 3.87. The van der Waals surface area contributed by atoms with E-state index in [9.17, 15) is 18.3 Å². The molecule has 1 aliphatic rings. The molecule has 1 aromatic rings. The molecule has 134 valence electrons. The Morgan fingerprint density at radius 1 is 1.25 bits per heavy atom. The van der Waals surface area contributed by atoms with E-state index in [-0.39, 0.29) is 22.8 Å². The second-order valence-electron chi connectivity index (χ2n) is 5.37. The Morgan fingerprint density at radius 2 is 1.92 bits per heavy atom. The highest BCUT2D eigenvalue weighted by atomic mass is 32.2. The number of nitrogens with zero attached hydrogens (tertiary/aromatic N) is 2. The van der Waals surface area contributed by atoms with E-state index in [0.717, 1.165) is 6.07 Å². The summed E-state index contributed by atoms with van der Waals surface area (Å²) in [5.74, 6) is -1.08. The quantitative estimate of drug-likeness (QED) is 0.711. The number of aromatic carboxylic acids is 1. The third kappa shape index (κ3) is 4.04. The highest BCUT2D eigenvalue weighted by Crippen LogP contribution is 2.25. The third-order valence-corrected chi connectivity index (χ3v) is 5.76. The summed E-state index contributed by atoms with van der Waals surface area (Å²) in [6.45, 7) is 4.23. The zero-order chi connectivity index (χ0) is 17.7. The minimum absolute atomic E-state index is 0.0353. The molecule has 1 aromatic carbocycles. The van der Waals surface area contributed by atoms with E-state index >= 15 is 0 Å². The Bertz CT molecular complexity index is 683. The van der Waals surface area contributed by atoms with Crippen LogP contribution in [0.5, 0.6) is 5.75 Å². The van der Waals surface area contributed by atoms with Crippen molar-refractivity contribution in [2.45, 2.75) is 11.8 Å². The molecule has 8 nitrogen and oxygen atoms in total. The van der Waals surface area contributed by atoms with Gasteiger partial charge in [-0.25, -0.2) is 13.2 Å². The molecular weight excluding hydrogens is 336 g/mol. The summed E-state index contributed by atoms with van der Waals surface area (Å²) in [4.78, 5) is 13.3. The van der Waals surface area contributed by atoms with Gasteiger partial charge in [-0.3, -0.25) is 4.90 Å². The number of carboxylic acids is 1. The summed E-state index contributed by atoms with van der Waals surface area (Å²) in [6, 6.07) is 3.89. The Balaban J connectivity index is 2.23. The first-order valence-corrected chi connectivity index (χ1v) is 9.17. The van der Waals surface area contributed by atoms with Crippen LogP contribution in [0, 0.1) is 0 Å². The van der Waals surface area contributed by atoms with Gasteiger partial charge in [0.15, 0.2) is 0 Å². The number of aliphatic hydroxyl groups excluding tert-OH is 1. The van der Waals surface area contributed by atoms with E-state index in [1.54, 1.807) is 6.92 Å². The molecule has 2 rings (SSSR count). The fraction of sp³-hybridized carbons (Fsp3) is 0.533. The zero-order valence-corrected chi connectivity index (χ0v) is 14.3. The molecular formula is C15H22N2O6S. The predicted octanol–water partition coefficient (Wildman–Crippen LogP) is 0.0821. The molecule has 0 aromatic heterocycles. The van der Waals surface area contributed by atoms with Gasteiger partial charge in [0, 0.05) is 32.7 Å². The minimum Gasteiger partial charge on any atom is -0.493 e. The second-order valence-corrected chi connectivity index (χ2v) is 7.30. The Hall–Kier alpha value is -1.68. The van der Waals surface area contributed by atoms with E-state index in [2.05, 4.69) is 0 Å². The molecule has 1 saturated heterocycles. The lowest BCUT2D eigenvalue weighted by molar-refractivity contribution is 0.0692. The van der Waals surface area contributed by atoms with E-state index < -0.39 is 16.0 Å². The Kier molecular flexibility index (Phi) is 6.16. The number of carboxylic acid groups (broad SMARTS) is 1. The van der Waals surface area contributed by atoms with Gasteiger partial charge in [-0.05, 0) is 25.1 Å². The van der Waals surface area contributed by atoms with Crippen molar-refractivity contribution in [1.29, 1.82) is 0 Å². The SMILES string of the molecule is CCOc1ccc(S(=O)(=O)N2CCN(CCO)CC2)cc1C(=O)O. The first kappa shape index (κ1) is 18.7. The average Bonchev–Trinajstić information content (AvgIpc) is 2.56. The van der Waals surface area contributed by atoms with Gasteiger partial charge in [0.1, 0.15) is 11.3 Å². The summed E-state index contributed by atoms with van der Waals surface area (Å²) in [5.41, 5.74) is -0.170. The molecule has 0 radical (unpaired) electrons. The van der Waals surface area contributed by atoms with Crippen molar-refractivity contribution in [1.82, 2.24) is 9.21 Å². The molecule has 9 heteroatoms. The molecule has 0 aliphatic carbocycles. The normalized spacial score (nSPS) is 16.9. The molecule has 1 heterocycles. The molecule has 0 amide bonds. The summed E-state index contributed by atoms with van der Waals surface area (Å²) >= 11 is 0. The topological polar surface area (TPSA) is 107 Å². The van der Waals surface area contributed by atoms with Gasteiger partial charge in [0.25, 0.3) is 0 Å². The number of hydrogen-bond donors (Lipinski definition) is 2. The monoisotopic (exact) mass is 358 g/mol. The van der Waals surface area contributed by atoms with Gasteiger partial charge < -0.3 is 14.9 Å². The van der Waals surface area contributed by atoms with Crippen LogP contribution < -0.4 is 4.74 Å². The molecule has 0 spiro atoms. The van der Waals surface area contributed by atoms with Crippen LogP contribution in [0.1, 0.15) is 17.3 Å². The Morgan fingerprint density at radius 3 is 2.46 bits per heavy atom. The lowest BCUT2D eigenvalue weighted by Crippen LogP contribution is -2.49. The van der Waals surface area contributed by atoms with Crippen LogP contribution >= 0.6 is 0 Å². The maximum absolute atomic E-state index is 12.7. The number of β-amino-alcohol motifs (C(OH)–C–C–N with tert-alkyl or cyclic N) is 1. The lowest BCUT2D eigenvalue weighted by atomic mass is 10.2. The van der Waals surface area contributed by atoms with Crippen molar-refractivity contribution in [2.75, 3.05) is 45.9 Å². The van der Waals surface area contributed by atoms with Crippen LogP contribution in [0.2, 0.25) is 0 Å². The highest BCUT2D eigenvalue weighted by molar-refractivity contribution is 7.89. The molecule has 0 unspecified atom stereocenters. The van der Waals surface area contributed by atoms with E-state index in [0.29, 0.717) is 39.3 Å². The number of carbonyl (C=O) groups is 1. The lowest BCUT2D eigenvalue weighted by Gasteiger charge is -2.33. The summed E-state index contributed by atoms with van der Waals surface area (Å²) in [6.07, 6.45) is 0. The van der Waals surface area contributed by atoms with Crippen LogP contribution in [0.4, 0.5) is 0 Å². The molecule has 0 atom stereocenters. The van der Waals surface area contributed by atoms with E-state index in [1.165, 1.54) is 16.4 Å². The second kappa shape index (κ2) is 7.93. The predicted molar refractivity (Wildman–Crippen MR) is 86.9 cm³/mol. The van der Waals surface area contributed by atoms with Gasteiger partial charge in [0.2, 0.25) is 10.0 Å². The largest absolute Gasteiger partial charge is 0.493 e. The molecule has 0 bridgehead atoms. The molecule has 1 fully saturated rings. The standard InChI is InChI=1S/C15H22N2O6S/c1-2-23-14-4-3-12(11-13(14)15(19)20)24(21,22)17-7-5-16(6-8-17)9-10-18/h3-4,11,18H,2,5-10H2,1H3,(H,19,20). The summed E-state index contributed by atoms with van der Waals surface area (Å²) in [5, 5.41) is 18.2. The van der Waals surface area contributed by atoms with Crippen molar-refractivity contribution in [2.24, 2.45) is 0 Å². The van der Waals surface area contributed by atoms with Crippen molar-refractivity contribution in [3.63, 3.8) is 0 Å². The maximum Gasteiger partial charge on any atom is 0.339 e. The van der Waals surface area contributed by atoms with Gasteiger partial charge in [-0.1, -0.05) is 0 Å². The average molecular weight is 358 g/mol. The van der Waals surface area contributed by atoms with Crippen LogP contribution in [-0.4, -0.2) is 79.7 Å². The van der Waals surface area contributed by atoms with Crippen LogP contribution in [0.25, 0.3) is 0 Å². The van der Waals surface area contributed by atoms with Gasteiger partial charge in [-0.2, -0.15) is 4.31 Å². The summed E-state index contributed by atoms with van der Waals surface area (Å²) < 4.78 is 32.0.